The average molecular weight is 736 g/mol. The van der Waals surface area contributed by atoms with Crippen molar-refractivity contribution in [2.24, 2.45) is 5.92 Å². The normalized spacial score (nSPS) is 18.2. The van der Waals surface area contributed by atoms with Crippen molar-refractivity contribution in [3.63, 3.8) is 0 Å². The topological polar surface area (TPSA) is 16.4 Å². The molecule has 1 atom stereocenters. The van der Waals surface area contributed by atoms with Gasteiger partial charge < -0.3 is 9.32 Å². The third kappa shape index (κ3) is 3.77. The van der Waals surface area contributed by atoms with E-state index in [0.717, 1.165) is 11.2 Å². The number of fused-ring (bicyclic) bond motifs is 15. The second kappa shape index (κ2) is 10.4. The van der Waals surface area contributed by atoms with E-state index in [2.05, 4.69) is 178 Å². The molecule has 0 N–H and O–H groups in total. The summed E-state index contributed by atoms with van der Waals surface area (Å²) in [6, 6.07) is 49.5. The van der Waals surface area contributed by atoms with Crippen LogP contribution in [-0.2, 0) is 10.8 Å². The largest absolute Gasteiger partial charge is 0.455 e. The summed E-state index contributed by atoms with van der Waals surface area (Å²) in [5.74, 6) is 0.406. The first kappa shape index (κ1) is 31.1. The number of thiophene rings is 1. The Bertz CT molecular complexity index is 3380. The molecule has 0 aliphatic heterocycles. The number of hydrogen-bond donors (Lipinski definition) is 0. The van der Waals surface area contributed by atoms with Gasteiger partial charge >= 0.3 is 0 Å². The van der Waals surface area contributed by atoms with Crippen molar-refractivity contribution in [3.05, 3.63) is 185 Å². The highest BCUT2D eigenvalue weighted by molar-refractivity contribution is 7.25. The minimum Gasteiger partial charge on any atom is -0.455 e. The maximum atomic E-state index is 6.92. The minimum absolute atomic E-state index is 0.0921. The van der Waals surface area contributed by atoms with Crippen LogP contribution in [0.25, 0.3) is 69.6 Å². The van der Waals surface area contributed by atoms with Gasteiger partial charge in [-0.3, -0.25) is 0 Å². The fourth-order valence-corrected chi connectivity index (χ4v) is 12.2. The van der Waals surface area contributed by atoms with E-state index in [9.17, 15) is 0 Å². The van der Waals surface area contributed by atoms with Crippen molar-refractivity contribution in [2.45, 2.75) is 38.5 Å². The van der Waals surface area contributed by atoms with E-state index in [-0.39, 0.29) is 10.8 Å². The first-order valence-corrected chi connectivity index (χ1v) is 20.6. The molecule has 0 saturated heterocycles. The zero-order chi connectivity index (χ0) is 37.2. The van der Waals surface area contributed by atoms with Gasteiger partial charge in [-0.15, -0.1) is 11.3 Å². The van der Waals surface area contributed by atoms with Gasteiger partial charge in [-0.1, -0.05) is 125 Å². The lowest BCUT2D eigenvalue weighted by atomic mass is 9.67. The Kier molecular flexibility index (Phi) is 5.75. The first-order chi connectivity index (χ1) is 27.3. The second-order valence-electron chi connectivity index (χ2n) is 17.2. The van der Waals surface area contributed by atoms with Crippen LogP contribution in [-0.4, -0.2) is 0 Å². The SMILES string of the molecule is CC1(C)C2=CC(N(c3ccc4sc5ccccc5c4c3)c3cccc4c3C(C)(C)c3c-4c4oc5ccccc5c4c4ccccc34)=CC3=C(c4ccccc41)[C@H]23. The molecule has 7 aromatic carbocycles. The summed E-state index contributed by atoms with van der Waals surface area (Å²) in [4.78, 5) is 2.58. The number of hydrogen-bond acceptors (Lipinski definition) is 3. The van der Waals surface area contributed by atoms with Crippen molar-refractivity contribution in [3.8, 4) is 11.1 Å². The molecule has 0 radical (unpaired) electrons. The van der Waals surface area contributed by atoms with Crippen LogP contribution < -0.4 is 4.90 Å². The molecule has 4 aliphatic rings. The van der Waals surface area contributed by atoms with Gasteiger partial charge in [0.25, 0.3) is 0 Å². The van der Waals surface area contributed by atoms with E-state index in [1.54, 1.807) is 0 Å². The van der Waals surface area contributed by atoms with Gasteiger partial charge in [0.15, 0.2) is 0 Å². The summed E-state index contributed by atoms with van der Waals surface area (Å²) in [5, 5.41) is 7.55. The van der Waals surface area contributed by atoms with Gasteiger partial charge in [0.2, 0.25) is 0 Å². The molecule has 4 aliphatic carbocycles. The van der Waals surface area contributed by atoms with Crippen molar-refractivity contribution in [2.75, 3.05) is 4.90 Å². The van der Waals surface area contributed by atoms with Crippen LogP contribution in [0.5, 0.6) is 0 Å². The van der Waals surface area contributed by atoms with Crippen LogP contribution in [0.4, 0.5) is 11.4 Å². The Labute approximate surface area is 329 Å². The highest BCUT2D eigenvalue weighted by Crippen LogP contribution is 2.65. The smallest absolute Gasteiger partial charge is 0.144 e. The van der Waals surface area contributed by atoms with E-state index in [4.69, 9.17) is 4.42 Å². The van der Waals surface area contributed by atoms with Crippen molar-refractivity contribution in [1.82, 2.24) is 0 Å². The van der Waals surface area contributed by atoms with E-state index in [1.165, 1.54) is 109 Å². The molecule has 2 heterocycles. The monoisotopic (exact) mass is 735 g/mol. The highest BCUT2D eigenvalue weighted by atomic mass is 32.1. The fraction of sp³-hybridized carbons (Fsp3) is 0.132. The maximum Gasteiger partial charge on any atom is 0.144 e. The molecule has 2 nitrogen and oxygen atoms in total. The molecule has 13 rings (SSSR count). The molecule has 0 spiro atoms. The van der Waals surface area contributed by atoms with Crippen molar-refractivity contribution in [1.29, 1.82) is 0 Å². The van der Waals surface area contributed by atoms with Crippen molar-refractivity contribution >= 4 is 81.2 Å². The van der Waals surface area contributed by atoms with Gasteiger partial charge in [0.05, 0.1) is 5.69 Å². The summed E-state index contributed by atoms with van der Waals surface area (Å²) >= 11 is 1.88. The predicted molar refractivity (Wildman–Crippen MR) is 236 cm³/mol. The lowest BCUT2D eigenvalue weighted by molar-refractivity contribution is 0.579. The number of allylic oxidation sites excluding steroid dienone is 5. The van der Waals surface area contributed by atoms with Crippen molar-refractivity contribution < 1.29 is 4.42 Å². The van der Waals surface area contributed by atoms with E-state index in [1.807, 2.05) is 11.3 Å². The zero-order valence-corrected chi connectivity index (χ0v) is 32.5. The average Bonchev–Trinajstić information content (AvgIpc) is 3.49. The quantitative estimate of drug-likeness (QED) is 0.180. The Morgan fingerprint density at radius 1 is 0.589 bits per heavy atom. The second-order valence-corrected chi connectivity index (χ2v) is 18.3. The van der Waals surface area contributed by atoms with Crippen LogP contribution in [0, 0.1) is 5.92 Å². The van der Waals surface area contributed by atoms with Gasteiger partial charge in [-0.2, -0.15) is 0 Å². The first-order valence-electron chi connectivity index (χ1n) is 19.8. The summed E-state index contributed by atoms with van der Waals surface area (Å²) in [6.45, 7) is 9.70. The van der Waals surface area contributed by atoms with Gasteiger partial charge in [0, 0.05) is 64.6 Å². The molecule has 0 amide bonds. The van der Waals surface area contributed by atoms with Gasteiger partial charge in [0.1, 0.15) is 11.2 Å². The Balaban J connectivity index is 1.12. The van der Waals surface area contributed by atoms with E-state index < -0.39 is 0 Å². The van der Waals surface area contributed by atoms with Crippen LogP contribution in [0.15, 0.2) is 167 Å². The Hall–Kier alpha value is -6.16. The van der Waals surface area contributed by atoms with Crippen LogP contribution in [0.2, 0.25) is 0 Å². The summed E-state index contributed by atoms with van der Waals surface area (Å²) in [5.41, 5.74) is 17.6. The Morgan fingerprint density at radius 3 is 2.18 bits per heavy atom. The minimum atomic E-state index is -0.330. The number of furan rings is 1. The van der Waals surface area contributed by atoms with Gasteiger partial charge in [-0.05, 0) is 104 Å². The molecule has 3 heteroatoms. The third-order valence-electron chi connectivity index (χ3n) is 13.6. The molecule has 2 aromatic heterocycles. The van der Waals surface area contributed by atoms with Gasteiger partial charge in [-0.25, -0.2) is 0 Å². The number of anilines is 2. The lowest BCUT2D eigenvalue weighted by Crippen LogP contribution is -2.30. The molecule has 0 saturated carbocycles. The zero-order valence-electron chi connectivity index (χ0n) is 31.7. The molecular formula is C53H37NOS. The third-order valence-corrected chi connectivity index (χ3v) is 14.7. The molecule has 56 heavy (non-hydrogen) atoms. The number of rotatable bonds is 3. The van der Waals surface area contributed by atoms with Crippen LogP contribution in [0.1, 0.15) is 49.9 Å². The molecule has 0 bridgehead atoms. The van der Waals surface area contributed by atoms with E-state index >= 15 is 0 Å². The molecule has 266 valence electrons. The molecule has 9 aromatic rings. The Morgan fingerprint density at radius 2 is 1.30 bits per heavy atom. The summed E-state index contributed by atoms with van der Waals surface area (Å²) < 4.78 is 9.56. The maximum absolute atomic E-state index is 6.92. The number of nitrogens with zero attached hydrogens (tertiary/aromatic N) is 1. The number of benzene rings is 7. The predicted octanol–water partition coefficient (Wildman–Crippen LogP) is 14.8. The molecular weight excluding hydrogens is 699 g/mol. The summed E-state index contributed by atoms with van der Waals surface area (Å²) in [6.07, 6.45) is 5.04. The molecule has 0 unspecified atom stereocenters. The molecule has 0 fully saturated rings. The summed E-state index contributed by atoms with van der Waals surface area (Å²) in [7, 11) is 0. The van der Waals surface area contributed by atoms with E-state index in [0.29, 0.717) is 5.92 Å². The van der Waals surface area contributed by atoms with Crippen LogP contribution >= 0.6 is 11.3 Å². The highest BCUT2D eigenvalue weighted by Gasteiger charge is 2.52. The lowest BCUT2D eigenvalue weighted by Gasteiger charge is -2.38. The number of para-hydroxylation sites is 1. The standard InChI is InChI=1S/C53H37NOS/c1-52(2)39-20-10-7-17-34(39)45-38-27-30(28-40(52)47(38)45)54(29-24-25-44-37(26-29)31-14-9-12-23-43(31)56-44)41-21-13-19-36-48-50(53(3,4)49(36)41)33-16-6-5-15-32(33)46-35-18-8-11-22-42(35)55-51(46)48/h5-28,47H,1-4H3/t47-/m0/s1. The fourth-order valence-electron chi connectivity index (χ4n) is 11.1. The van der Waals surface area contributed by atoms with Crippen LogP contribution in [0.3, 0.4) is 0 Å².